The molecule has 0 N–H and O–H groups in total. The van der Waals surface area contributed by atoms with Crippen molar-refractivity contribution in [1.29, 1.82) is 0 Å². The molecule has 1 saturated heterocycles. The van der Waals surface area contributed by atoms with Gasteiger partial charge in [-0.2, -0.15) is 7.11 Å². The van der Waals surface area contributed by atoms with Crippen LogP contribution >= 0.6 is 23.5 Å². The van der Waals surface area contributed by atoms with Gasteiger partial charge in [-0.1, -0.05) is 35.9 Å². The molecule has 4 rings (SSSR count). The fourth-order valence-electron chi connectivity index (χ4n) is 4.52. The minimum absolute atomic E-state index is 0. The number of likely N-dealkylation sites (N-methyl/N-ethyl adjacent to an activating group) is 1. The number of nitrogens with zero attached hydrogens (tertiary/aromatic N) is 4. The topological polar surface area (TPSA) is 59.0 Å². The van der Waals surface area contributed by atoms with Crippen LogP contribution in [0.3, 0.4) is 0 Å². The zero-order chi connectivity index (χ0) is 26.0. The van der Waals surface area contributed by atoms with Crippen molar-refractivity contribution in [2.24, 2.45) is 4.99 Å². The number of carbonyl (C=O) groups excluding carboxylic acids is 1. The summed E-state index contributed by atoms with van der Waals surface area (Å²) < 4.78 is 2.95. The van der Waals surface area contributed by atoms with Crippen LogP contribution in [0.25, 0.3) is 0 Å². The Labute approximate surface area is 285 Å². The molecule has 36 heavy (non-hydrogen) atoms. The number of aliphatic imine (C=N–C) groups is 1. The summed E-state index contributed by atoms with van der Waals surface area (Å²) in [6, 6.07) is 11.4. The zero-order valence-corrected chi connectivity index (χ0v) is 31.0. The van der Waals surface area contributed by atoms with Crippen molar-refractivity contribution in [2.75, 3.05) is 48.4 Å². The summed E-state index contributed by atoms with van der Waals surface area (Å²) in [7, 11) is 9.34. The smallest absolute Gasteiger partial charge is 0.857 e. The van der Waals surface area contributed by atoms with Crippen LogP contribution in [0.1, 0.15) is 39.8 Å². The second kappa shape index (κ2) is 16.9. The first-order valence-corrected chi connectivity index (χ1v) is 13.4. The molecule has 0 bridgehead atoms. The first-order chi connectivity index (χ1) is 16.7. The van der Waals surface area contributed by atoms with Gasteiger partial charge in [0.25, 0.3) is 0 Å². The van der Waals surface area contributed by atoms with Crippen molar-refractivity contribution < 1.29 is 82.7 Å². The van der Waals surface area contributed by atoms with Crippen LogP contribution in [-0.4, -0.2) is 80.1 Å². The van der Waals surface area contributed by atoms with Gasteiger partial charge in [0.1, 0.15) is 6.04 Å². The molecule has 3 atom stereocenters. The van der Waals surface area contributed by atoms with Gasteiger partial charge in [0.05, 0.1) is 26.6 Å². The fraction of sp³-hybridized carbons (Fsp3) is 0.481. The van der Waals surface area contributed by atoms with Crippen LogP contribution in [-0.2, 0) is 4.79 Å². The van der Waals surface area contributed by atoms with Gasteiger partial charge in [-0.05, 0) is 42.8 Å². The molecular weight excluding hydrogens is 609 g/mol. The van der Waals surface area contributed by atoms with E-state index in [-0.39, 0.29) is 68.9 Å². The summed E-state index contributed by atoms with van der Waals surface area (Å²) in [6.45, 7) is 5.88. The Bertz CT molecular complexity index is 976. The fourth-order valence-corrected chi connectivity index (χ4v) is 6.46. The SMILES string of the molecule is C[O-].Cc1cc(C2C=NC=CC2)cs1.Cc1ccc(C2CN(C=O)CC2[N+](C)(C)SN(C)C)cc1.[Cs+]. The van der Waals surface area contributed by atoms with E-state index in [1.54, 1.807) is 12.1 Å². The number of benzene rings is 1. The van der Waals surface area contributed by atoms with Gasteiger partial charge < -0.3 is 10.0 Å². The number of amides is 1. The quantitative estimate of drug-likeness (QED) is 0.269. The van der Waals surface area contributed by atoms with E-state index in [0.29, 0.717) is 17.9 Å². The Balaban J connectivity index is 0.000000367. The first kappa shape index (κ1) is 34.1. The van der Waals surface area contributed by atoms with Gasteiger partial charge in [-0.3, -0.25) is 9.79 Å². The number of hydrogen-bond donors (Lipinski definition) is 0. The molecule has 0 radical (unpaired) electrons. The molecule has 0 saturated carbocycles. The van der Waals surface area contributed by atoms with E-state index >= 15 is 0 Å². The van der Waals surface area contributed by atoms with Crippen molar-refractivity contribution >= 4 is 36.1 Å². The number of thiophene rings is 1. The average molecular weight is 650 g/mol. The molecule has 1 aromatic heterocycles. The Morgan fingerprint density at radius 1 is 1.14 bits per heavy atom. The van der Waals surface area contributed by atoms with Crippen molar-refractivity contribution in [3.63, 3.8) is 0 Å². The third-order valence-corrected chi connectivity index (χ3v) is 8.07. The molecule has 2 aliphatic rings. The third-order valence-electron chi connectivity index (χ3n) is 6.17. The number of hydrogen-bond acceptors (Lipinski definition) is 6. The van der Waals surface area contributed by atoms with E-state index in [0.717, 1.165) is 36.9 Å². The molecule has 0 aliphatic carbocycles. The standard InChI is InChI=1S/C16H26N3OS.C10H11NS.CH3O.Cs/c1-13-6-8-14(9-7-13)15-10-18(12-20)11-16(15)19(4,5)21-17(2)3;1-8-5-10(7-12-8)9-3-2-4-11-6-9;1-2;/h6-9,12,15-16H,10-11H2,1-5H3;2,4-7,9H,3H2,1H3;1H3;/q+1;;-1;+1. The van der Waals surface area contributed by atoms with Crippen LogP contribution in [0.5, 0.6) is 0 Å². The summed E-state index contributed by atoms with van der Waals surface area (Å²) in [4.78, 5) is 18.7. The van der Waals surface area contributed by atoms with Crippen molar-refractivity contribution in [3.05, 3.63) is 69.6 Å². The van der Waals surface area contributed by atoms with E-state index < -0.39 is 0 Å². The molecule has 1 aromatic carbocycles. The predicted molar refractivity (Wildman–Crippen MR) is 149 cm³/mol. The minimum atomic E-state index is 0. The van der Waals surface area contributed by atoms with E-state index in [2.05, 4.69) is 93.1 Å². The average Bonchev–Trinajstić information content (AvgIpc) is 3.48. The van der Waals surface area contributed by atoms with Crippen molar-refractivity contribution in [1.82, 2.24) is 9.21 Å². The van der Waals surface area contributed by atoms with E-state index in [4.69, 9.17) is 5.11 Å². The van der Waals surface area contributed by atoms with Crippen molar-refractivity contribution in [2.45, 2.75) is 38.1 Å². The van der Waals surface area contributed by atoms with Crippen LogP contribution in [0, 0.1) is 13.8 Å². The van der Waals surface area contributed by atoms with Crippen LogP contribution in [0.2, 0.25) is 0 Å². The predicted octanol–water partition coefficient (Wildman–Crippen LogP) is 1.23. The number of rotatable bonds is 6. The van der Waals surface area contributed by atoms with Gasteiger partial charge >= 0.3 is 68.9 Å². The Hall–Kier alpha value is 0.0819. The largest absolute Gasteiger partial charge is 1.00 e. The van der Waals surface area contributed by atoms with Gasteiger partial charge in [-0.15, -0.1) is 11.3 Å². The molecule has 3 unspecified atom stereocenters. The number of aryl methyl sites for hydroxylation is 2. The van der Waals surface area contributed by atoms with E-state index in [1.165, 1.54) is 21.6 Å². The second-order valence-electron chi connectivity index (χ2n) is 9.49. The van der Waals surface area contributed by atoms with Gasteiger partial charge in [0, 0.05) is 43.8 Å². The number of likely N-dealkylation sites (tertiary alicyclic amines) is 1. The van der Waals surface area contributed by atoms with Crippen LogP contribution in [0.15, 0.2) is 53.0 Å². The number of carbonyl (C=O) groups is 1. The minimum Gasteiger partial charge on any atom is -0.857 e. The molecule has 9 heteroatoms. The maximum absolute atomic E-state index is 11.2. The molecule has 2 aromatic rings. The van der Waals surface area contributed by atoms with Gasteiger partial charge in [-0.25, -0.2) is 8.19 Å². The monoisotopic (exact) mass is 649 g/mol. The van der Waals surface area contributed by atoms with Crippen molar-refractivity contribution in [3.8, 4) is 0 Å². The van der Waals surface area contributed by atoms with Gasteiger partial charge in [0.15, 0.2) is 12.1 Å². The Kier molecular flexibility index (Phi) is 16.0. The second-order valence-corrected chi connectivity index (χ2v) is 12.4. The number of allylic oxidation sites excluding steroid dienone is 1. The third kappa shape index (κ3) is 10.3. The Morgan fingerprint density at radius 2 is 1.81 bits per heavy atom. The molecule has 0 spiro atoms. The molecule has 1 fully saturated rings. The molecule has 6 nitrogen and oxygen atoms in total. The normalized spacial score (nSPS) is 20.7. The maximum atomic E-state index is 11.2. The maximum Gasteiger partial charge on any atom is 1.00 e. The van der Waals surface area contributed by atoms with Crippen LogP contribution in [0.4, 0.5) is 0 Å². The summed E-state index contributed by atoms with van der Waals surface area (Å²) in [5.74, 6) is 0.901. The van der Waals surface area contributed by atoms with E-state index in [1.807, 2.05) is 28.7 Å². The molecule has 3 heterocycles. The molecular formula is C27H40CsN4O2S2+. The Morgan fingerprint density at radius 3 is 2.31 bits per heavy atom. The molecule has 1 amide bonds. The summed E-state index contributed by atoms with van der Waals surface area (Å²) in [6.07, 6.45) is 8.11. The van der Waals surface area contributed by atoms with Gasteiger partial charge in [0.2, 0.25) is 6.41 Å². The molecule has 192 valence electrons. The summed E-state index contributed by atoms with van der Waals surface area (Å²) >= 11 is 3.61. The summed E-state index contributed by atoms with van der Waals surface area (Å²) in [5.41, 5.74) is 4.02. The zero-order valence-electron chi connectivity index (χ0n) is 23.0. The first-order valence-electron chi connectivity index (χ1n) is 11.8. The van der Waals surface area contributed by atoms with E-state index in [9.17, 15) is 4.79 Å². The van der Waals surface area contributed by atoms with Crippen LogP contribution < -0.4 is 74.0 Å². The summed E-state index contributed by atoms with van der Waals surface area (Å²) in [5, 5.41) is 10.5. The molecule has 2 aliphatic heterocycles. The number of quaternary nitrogens is 1.